The summed E-state index contributed by atoms with van der Waals surface area (Å²) in [5, 5.41) is 13.3. The zero-order chi connectivity index (χ0) is 15.9. The average molecular weight is 293 g/mol. The average Bonchev–Trinajstić information content (AvgIpc) is 2.44. The summed E-state index contributed by atoms with van der Waals surface area (Å²) in [6, 6.07) is 8.04. The van der Waals surface area contributed by atoms with Crippen molar-refractivity contribution < 1.29 is 9.84 Å². The molecule has 3 heteroatoms. The van der Waals surface area contributed by atoms with Gasteiger partial charge in [0.25, 0.3) is 0 Å². The molecule has 0 amide bonds. The van der Waals surface area contributed by atoms with Gasteiger partial charge in [-0.1, -0.05) is 46.8 Å². The van der Waals surface area contributed by atoms with Crippen LogP contribution in [0.5, 0.6) is 5.75 Å². The molecule has 120 valence electrons. The summed E-state index contributed by atoms with van der Waals surface area (Å²) in [5.41, 5.74) is 1.58. The largest absolute Gasteiger partial charge is 0.491 e. The van der Waals surface area contributed by atoms with Crippen molar-refractivity contribution in [3.05, 3.63) is 29.8 Å². The first-order valence-corrected chi connectivity index (χ1v) is 7.93. The van der Waals surface area contributed by atoms with Crippen molar-refractivity contribution in [3.8, 4) is 5.75 Å². The predicted molar refractivity (Wildman–Crippen MR) is 88.8 cm³/mol. The van der Waals surface area contributed by atoms with Gasteiger partial charge in [-0.3, -0.25) is 0 Å². The summed E-state index contributed by atoms with van der Waals surface area (Å²) in [7, 11) is 0. The number of rotatable bonds is 8. The number of ether oxygens (including phenoxy) is 1. The summed E-state index contributed by atoms with van der Waals surface area (Å²) in [6.07, 6.45) is 0.543. The van der Waals surface area contributed by atoms with E-state index in [0.29, 0.717) is 19.1 Å². The Kier molecular flexibility index (Phi) is 7.20. The van der Waals surface area contributed by atoms with Crippen LogP contribution >= 0.6 is 0 Å². The maximum absolute atomic E-state index is 9.94. The molecule has 2 atom stereocenters. The van der Waals surface area contributed by atoms with E-state index in [9.17, 15) is 5.11 Å². The van der Waals surface area contributed by atoms with E-state index in [1.165, 1.54) is 5.56 Å². The third kappa shape index (κ3) is 6.96. The predicted octanol–water partition coefficient (Wildman–Crippen LogP) is 3.26. The van der Waals surface area contributed by atoms with Crippen LogP contribution in [0.4, 0.5) is 0 Å². The van der Waals surface area contributed by atoms with Crippen LogP contribution in [-0.2, 0) is 6.42 Å². The van der Waals surface area contributed by atoms with E-state index in [0.717, 1.165) is 18.7 Å². The highest BCUT2D eigenvalue weighted by molar-refractivity contribution is 5.27. The molecular weight excluding hydrogens is 262 g/mol. The first-order chi connectivity index (χ1) is 9.82. The third-order valence-corrected chi connectivity index (χ3v) is 4.08. The highest BCUT2D eigenvalue weighted by Gasteiger charge is 2.19. The number of hydrogen-bond acceptors (Lipinski definition) is 3. The fourth-order valence-corrected chi connectivity index (χ4v) is 1.85. The minimum atomic E-state index is -0.483. The van der Waals surface area contributed by atoms with Gasteiger partial charge in [0, 0.05) is 6.54 Å². The topological polar surface area (TPSA) is 41.5 Å². The number of aliphatic hydroxyl groups excluding tert-OH is 1. The lowest BCUT2D eigenvalue weighted by molar-refractivity contribution is 0.103. The number of hydrogen-bond donors (Lipinski definition) is 2. The molecule has 1 aromatic rings. The molecule has 0 saturated carbocycles. The van der Waals surface area contributed by atoms with E-state index < -0.39 is 6.10 Å². The van der Waals surface area contributed by atoms with Crippen LogP contribution in [-0.4, -0.2) is 30.9 Å². The molecule has 1 aromatic carbocycles. The summed E-state index contributed by atoms with van der Waals surface area (Å²) >= 11 is 0. The second-order valence-corrected chi connectivity index (χ2v) is 6.89. The molecule has 0 radical (unpaired) electrons. The molecule has 0 bridgehead atoms. The van der Waals surface area contributed by atoms with E-state index in [-0.39, 0.29) is 5.41 Å². The van der Waals surface area contributed by atoms with Gasteiger partial charge in [-0.05, 0) is 42.0 Å². The van der Waals surface area contributed by atoms with E-state index in [2.05, 4.69) is 52.1 Å². The van der Waals surface area contributed by atoms with Crippen LogP contribution < -0.4 is 10.1 Å². The number of aryl methyl sites for hydroxylation is 1. The molecule has 0 saturated heterocycles. The van der Waals surface area contributed by atoms with Gasteiger partial charge in [-0.2, -0.15) is 0 Å². The zero-order valence-electron chi connectivity index (χ0n) is 14.1. The van der Waals surface area contributed by atoms with Crippen molar-refractivity contribution in [2.45, 2.75) is 47.1 Å². The molecule has 0 fully saturated rings. The minimum absolute atomic E-state index is 0.287. The fraction of sp³-hybridized carbons (Fsp3) is 0.667. The summed E-state index contributed by atoms with van der Waals surface area (Å²) in [4.78, 5) is 0. The van der Waals surface area contributed by atoms with Gasteiger partial charge < -0.3 is 15.2 Å². The molecule has 0 spiro atoms. The molecule has 1 rings (SSSR count). The Bertz CT molecular complexity index is 395. The van der Waals surface area contributed by atoms with Crippen LogP contribution in [0.15, 0.2) is 24.3 Å². The first-order valence-electron chi connectivity index (χ1n) is 7.93. The Morgan fingerprint density at radius 3 is 2.29 bits per heavy atom. The Labute approximate surface area is 129 Å². The maximum Gasteiger partial charge on any atom is 0.119 e. The highest BCUT2D eigenvalue weighted by atomic mass is 16.5. The van der Waals surface area contributed by atoms with Crippen LogP contribution in [0.2, 0.25) is 0 Å². The van der Waals surface area contributed by atoms with Crippen LogP contribution in [0.25, 0.3) is 0 Å². The second kappa shape index (κ2) is 8.40. The SMILES string of the molecule is CCc1ccc(OCC(O)CNCC(C)C(C)(C)C)cc1. The summed E-state index contributed by atoms with van der Waals surface area (Å²) < 4.78 is 5.60. The van der Waals surface area contributed by atoms with Gasteiger partial charge in [0.2, 0.25) is 0 Å². The minimum Gasteiger partial charge on any atom is -0.491 e. The van der Waals surface area contributed by atoms with Crippen molar-refractivity contribution >= 4 is 0 Å². The van der Waals surface area contributed by atoms with Gasteiger partial charge in [0.1, 0.15) is 18.5 Å². The smallest absolute Gasteiger partial charge is 0.119 e. The lowest BCUT2D eigenvalue weighted by Crippen LogP contribution is -2.36. The second-order valence-electron chi connectivity index (χ2n) is 6.89. The van der Waals surface area contributed by atoms with Crippen molar-refractivity contribution in [2.75, 3.05) is 19.7 Å². The number of nitrogens with one attached hydrogen (secondary N) is 1. The Balaban J connectivity index is 2.23. The first kappa shape index (κ1) is 18.0. The van der Waals surface area contributed by atoms with Crippen molar-refractivity contribution in [2.24, 2.45) is 11.3 Å². The zero-order valence-corrected chi connectivity index (χ0v) is 14.1. The Morgan fingerprint density at radius 2 is 1.76 bits per heavy atom. The number of benzene rings is 1. The summed E-state index contributed by atoms with van der Waals surface area (Å²) in [5.74, 6) is 1.38. The van der Waals surface area contributed by atoms with Crippen molar-refractivity contribution in [1.82, 2.24) is 5.32 Å². The van der Waals surface area contributed by atoms with E-state index in [1.807, 2.05) is 12.1 Å². The van der Waals surface area contributed by atoms with E-state index >= 15 is 0 Å². The molecule has 2 N–H and O–H groups in total. The van der Waals surface area contributed by atoms with Crippen LogP contribution in [0, 0.1) is 11.3 Å². The Morgan fingerprint density at radius 1 is 1.14 bits per heavy atom. The van der Waals surface area contributed by atoms with E-state index in [4.69, 9.17) is 4.74 Å². The molecule has 2 unspecified atom stereocenters. The van der Waals surface area contributed by atoms with Crippen LogP contribution in [0.1, 0.15) is 40.2 Å². The van der Waals surface area contributed by atoms with Gasteiger partial charge >= 0.3 is 0 Å². The molecule has 0 heterocycles. The van der Waals surface area contributed by atoms with Gasteiger partial charge in [-0.15, -0.1) is 0 Å². The standard InChI is InChI=1S/C18H31NO2/c1-6-15-7-9-17(10-8-15)21-13-16(20)12-19-11-14(2)18(3,4)5/h7-10,14,16,19-20H,6,11-13H2,1-5H3. The maximum atomic E-state index is 9.94. The normalized spacial score (nSPS) is 14.8. The van der Waals surface area contributed by atoms with Crippen LogP contribution in [0.3, 0.4) is 0 Å². The monoisotopic (exact) mass is 293 g/mol. The number of aliphatic hydroxyl groups is 1. The van der Waals surface area contributed by atoms with Gasteiger partial charge in [0.05, 0.1) is 0 Å². The molecule has 0 aliphatic heterocycles. The van der Waals surface area contributed by atoms with Gasteiger partial charge in [-0.25, -0.2) is 0 Å². The molecule has 21 heavy (non-hydrogen) atoms. The lowest BCUT2D eigenvalue weighted by atomic mass is 9.82. The molecule has 3 nitrogen and oxygen atoms in total. The molecule has 0 aliphatic rings. The summed E-state index contributed by atoms with van der Waals surface area (Å²) in [6.45, 7) is 12.9. The molecular formula is C18H31NO2. The van der Waals surface area contributed by atoms with Crippen molar-refractivity contribution in [1.29, 1.82) is 0 Å². The van der Waals surface area contributed by atoms with E-state index in [1.54, 1.807) is 0 Å². The van der Waals surface area contributed by atoms with Gasteiger partial charge in [0.15, 0.2) is 0 Å². The quantitative estimate of drug-likeness (QED) is 0.773. The lowest BCUT2D eigenvalue weighted by Gasteiger charge is -2.27. The third-order valence-electron chi connectivity index (χ3n) is 4.08. The molecule has 0 aromatic heterocycles. The molecule has 0 aliphatic carbocycles. The highest BCUT2D eigenvalue weighted by Crippen LogP contribution is 2.24. The van der Waals surface area contributed by atoms with Crippen molar-refractivity contribution in [3.63, 3.8) is 0 Å². The Hall–Kier alpha value is -1.06. The fourth-order valence-electron chi connectivity index (χ4n) is 1.85.